The molecule has 1 aromatic carbocycles. The Morgan fingerprint density at radius 2 is 1.97 bits per heavy atom. The molecule has 1 aliphatic heterocycles. The second-order valence-electron chi connectivity index (χ2n) is 8.23. The Morgan fingerprint density at radius 1 is 1.26 bits per heavy atom. The number of alkyl halides is 3. The highest BCUT2D eigenvalue weighted by Crippen LogP contribution is 2.39. The molecule has 186 valence electrons. The lowest BCUT2D eigenvalue weighted by molar-refractivity contribution is -0.137. The third-order valence-corrected chi connectivity index (χ3v) is 5.96. The molecule has 3 heterocycles. The van der Waals surface area contributed by atoms with Crippen LogP contribution in [0.15, 0.2) is 24.5 Å². The molecule has 0 atom stereocenters. The normalized spacial score (nSPS) is 14.8. The van der Waals surface area contributed by atoms with Gasteiger partial charge < -0.3 is 25.0 Å². The number of benzene rings is 1. The van der Waals surface area contributed by atoms with E-state index >= 15 is 0 Å². The van der Waals surface area contributed by atoms with E-state index in [0.29, 0.717) is 37.1 Å². The highest BCUT2D eigenvalue weighted by molar-refractivity contribution is 6.09. The van der Waals surface area contributed by atoms with Crippen molar-refractivity contribution in [2.75, 3.05) is 19.7 Å². The van der Waals surface area contributed by atoms with Gasteiger partial charge in [0.1, 0.15) is 23.3 Å². The SMILES string of the molecule is CCOc1ccc(C(F)(F)F)cc1-c1ncnc2c(C(=O)NC3CCN(C(=O)O)CC3)c(C)[nH]c12. The van der Waals surface area contributed by atoms with Gasteiger partial charge in [0, 0.05) is 30.4 Å². The van der Waals surface area contributed by atoms with Gasteiger partial charge in [-0.1, -0.05) is 0 Å². The van der Waals surface area contributed by atoms with Crippen LogP contribution in [0.25, 0.3) is 22.3 Å². The van der Waals surface area contributed by atoms with Gasteiger partial charge in [0.2, 0.25) is 0 Å². The number of amides is 2. The molecule has 0 aliphatic carbocycles. The Balaban J connectivity index is 1.70. The van der Waals surface area contributed by atoms with E-state index in [2.05, 4.69) is 20.3 Å². The number of carbonyl (C=O) groups excluding carboxylic acids is 1. The minimum Gasteiger partial charge on any atom is -0.493 e. The second-order valence-corrected chi connectivity index (χ2v) is 8.23. The molecule has 0 unspecified atom stereocenters. The summed E-state index contributed by atoms with van der Waals surface area (Å²) in [6, 6.07) is 2.96. The molecule has 1 fully saturated rings. The highest BCUT2D eigenvalue weighted by Gasteiger charge is 2.32. The maximum Gasteiger partial charge on any atom is 0.416 e. The second kappa shape index (κ2) is 9.43. The maximum absolute atomic E-state index is 13.4. The van der Waals surface area contributed by atoms with Gasteiger partial charge in [-0.3, -0.25) is 4.79 Å². The van der Waals surface area contributed by atoms with E-state index < -0.39 is 23.7 Å². The fourth-order valence-corrected chi connectivity index (χ4v) is 4.25. The van der Waals surface area contributed by atoms with E-state index in [-0.39, 0.29) is 40.7 Å². The van der Waals surface area contributed by atoms with Crippen molar-refractivity contribution in [2.24, 2.45) is 0 Å². The Labute approximate surface area is 198 Å². The van der Waals surface area contributed by atoms with Gasteiger partial charge in [0.15, 0.2) is 0 Å². The van der Waals surface area contributed by atoms with Gasteiger partial charge in [0.25, 0.3) is 5.91 Å². The van der Waals surface area contributed by atoms with Gasteiger partial charge in [-0.05, 0) is 44.9 Å². The van der Waals surface area contributed by atoms with Crippen molar-refractivity contribution in [3.8, 4) is 17.0 Å². The maximum atomic E-state index is 13.4. The monoisotopic (exact) mass is 491 g/mol. The zero-order valence-corrected chi connectivity index (χ0v) is 19.1. The minimum absolute atomic E-state index is 0.128. The summed E-state index contributed by atoms with van der Waals surface area (Å²) in [5.74, 6) is -0.176. The van der Waals surface area contributed by atoms with Crippen molar-refractivity contribution in [1.82, 2.24) is 25.2 Å². The summed E-state index contributed by atoms with van der Waals surface area (Å²) in [4.78, 5) is 37.0. The summed E-state index contributed by atoms with van der Waals surface area (Å²) < 4.78 is 45.8. The van der Waals surface area contributed by atoms with Gasteiger partial charge in [-0.15, -0.1) is 0 Å². The van der Waals surface area contributed by atoms with Gasteiger partial charge in [0.05, 0.1) is 23.3 Å². The minimum atomic E-state index is -4.56. The number of halogens is 3. The molecular weight excluding hydrogens is 467 g/mol. The summed E-state index contributed by atoms with van der Waals surface area (Å²) in [6.45, 7) is 4.26. The fraction of sp³-hybridized carbons (Fsp3) is 0.391. The van der Waals surface area contributed by atoms with Crippen LogP contribution >= 0.6 is 0 Å². The number of carbonyl (C=O) groups is 2. The average molecular weight is 491 g/mol. The van der Waals surface area contributed by atoms with Crippen LogP contribution in [0.4, 0.5) is 18.0 Å². The largest absolute Gasteiger partial charge is 0.493 e. The van der Waals surface area contributed by atoms with Crippen molar-refractivity contribution in [3.05, 3.63) is 41.3 Å². The highest BCUT2D eigenvalue weighted by atomic mass is 19.4. The van der Waals surface area contributed by atoms with Gasteiger partial charge in [-0.25, -0.2) is 14.8 Å². The molecule has 4 rings (SSSR count). The molecule has 9 nitrogen and oxygen atoms in total. The van der Waals surface area contributed by atoms with Crippen molar-refractivity contribution < 1.29 is 32.6 Å². The van der Waals surface area contributed by atoms with Crippen molar-refractivity contribution in [3.63, 3.8) is 0 Å². The van der Waals surface area contributed by atoms with Crippen molar-refractivity contribution in [1.29, 1.82) is 0 Å². The van der Waals surface area contributed by atoms with Crippen LogP contribution in [-0.2, 0) is 6.18 Å². The molecule has 12 heteroatoms. The molecule has 1 saturated heterocycles. The van der Waals surface area contributed by atoms with Crippen LogP contribution in [0.2, 0.25) is 0 Å². The summed E-state index contributed by atoms with van der Waals surface area (Å²) in [5, 5.41) is 12.0. The average Bonchev–Trinajstić information content (AvgIpc) is 3.15. The lowest BCUT2D eigenvalue weighted by Gasteiger charge is -2.30. The number of aromatic nitrogens is 3. The van der Waals surface area contributed by atoms with Gasteiger partial charge in [-0.2, -0.15) is 13.2 Å². The number of aryl methyl sites for hydroxylation is 1. The van der Waals surface area contributed by atoms with Crippen LogP contribution in [0, 0.1) is 6.92 Å². The first-order chi connectivity index (χ1) is 16.6. The Hall–Kier alpha value is -3.83. The molecule has 0 saturated carbocycles. The number of piperidine rings is 1. The number of fused-ring (bicyclic) bond motifs is 1. The first-order valence-corrected chi connectivity index (χ1v) is 11.1. The predicted octanol–water partition coefficient (Wildman–Crippen LogP) is 4.22. The Morgan fingerprint density at radius 3 is 2.60 bits per heavy atom. The zero-order valence-electron chi connectivity index (χ0n) is 19.1. The summed E-state index contributed by atoms with van der Waals surface area (Å²) in [5.41, 5.74) is 0.784. The number of carboxylic acid groups (broad SMARTS) is 1. The topological polar surface area (TPSA) is 120 Å². The van der Waals surface area contributed by atoms with E-state index in [9.17, 15) is 22.8 Å². The summed E-state index contributed by atoms with van der Waals surface area (Å²) in [7, 11) is 0. The summed E-state index contributed by atoms with van der Waals surface area (Å²) in [6.07, 6.45) is -3.40. The number of nitrogens with one attached hydrogen (secondary N) is 2. The van der Waals surface area contributed by atoms with E-state index in [1.807, 2.05) is 0 Å². The molecule has 3 N–H and O–H groups in total. The van der Waals surface area contributed by atoms with E-state index in [4.69, 9.17) is 9.84 Å². The summed E-state index contributed by atoms with van der Waals surface area (Å²) >= 11 is 0. The first kappa shape index (κ1) is 24.3. The smallest absolute Gasteiger partial charge is 0.416 e. The molecule has 2 aromatic heterocycles. The predicted molar refractivity (Wildman–Crippen MR) is 120 cm³/mol. The molecular formula is C23H24F3N5O4. The lowest BCUT2D eigenvalue weighted by Crippen LogP contribution is -2.46. The Kier molecular flexibility index (Phi) is 6.55. The molecule has 0 spiro atoms. The fourth-order valence-electron chi connectivity index (χ4n) is 4.25. The van der Waals surface area contributed by atoms with Gasteiger partial charge >= 0.3 is 12.3 Å². The third-order valence-electron chi connectivity index (χ3n) is 5.96. The molecule has 0 bridgehead atoms. The number of ether oxygens (including phenoxy) is 1. The number of aromatic amines is 1. The number of likely N-dealkylation sites (tertiary alicyclic amines) is 1. The number of nitrogens with zero attached hydrogens (tertiary/aromatic N) is 3. The van der Waals surface area contributed by atoms with Crippen LogP contribution in [0.1, 0.15) is 41.4 Å². The molecule has 2 amide bonds. The van der Waals surface area contributed by atoms with Crippen LogP contribution in [0.3, 0.4) is 0 Å². The van der Waals surface area contributed by atoms with E-state index in [1.54, 1.807) is 13.8 Å². The van der Waals surface area contributed by atoms with Crippen LogP contribution < -0.4 is 10.1 Å². The van der Waals surface area contributed by atoms with E-state index in [1.165, 1.54) is 17.3 Å². The standard InChI is InChI=1S/C23H24F3N5O4/c1-3-35-16-5-4-13(23(24,25)26)10-15(16)18-20-19(28-11-27-18)17(12(2)29-20)21(32)30-14-6-8-31(9-7-14)22(33)34/h4-5,10-11,14,29H,3,6-9H2,1-2H3,(H,30,32)(H,33,34). The number of H-pyrrole nitrogens is 1. The van der Waals surface area contributed by atoms with Crippen molar-refractivity contribution >= 4 is 23.0 Å². The third kappa shape index (κ3) is 4.86. The number of hydrogen-bond donors (Lipinski definition) is 3. The Bertz CT molecular complexity index is 1270. The molecule has 0 radical (unpaired) electrons. The number of hydrogen-bond acceptors (Lipinski definition) is 5. The number of rotatable bonds is 5. The molecule has 35 heavy (non-hydrogen) atoms. The van der Waals surface area contributed by atoms with Crippen LogP contribution in [-0.4, -0.2) is 62.7 Å². The molecule has 3 aromatic rings. The zero-order chi connectivity index (χ0) is 25.3. The first-order valence-electron chi connectivity index (χ1n) is 11.1. The quantitative estimate of drug-likeness (QED) is 0.492. The van der Waals surface area contributed by atoms with Crippen LogP contribution in [0.5, 0.6) is 5.75 Å². The van der Waals surface area contributed by atoms with Crippen molar-refractivity contribution in [2.45, 2.75) is 38.9 Å². The lowest BCUT2D eigenvalue weighted by atomic mass is 10.0. The van der Waals surface area contributed by atoms with E-state index in [0.717, 1.165) is 12.1 Å². The molecule has 1 aliphatic rings.